The van der Waals surface area contributed by atoms with Crippen LogP contribution in [0, 0.1) is 5.41 Å². The van der Waals surface area contributed by atoms with E-state index in [9.17, 15) is 22.8 Å². The Morgan fingerprint density at radius 2 is 1.71 bits per heavy atom. The highest BCUT2D eigenvalue weighted by Gasteiger charge is 2.51. The molecule has 0 aromatic heterocycles. The fourth-order valence-electron chi connectivity index (χ4n) is 4.25. The van der Waals surface area contributed by atoms with Crippen LogP contribution in [0.15, 0.2) is 48.5 Å². The molecule has 146 valence electrons. The number of alkyl halides is 3. The highest BCUT2D eigenvalue weighted by atomic mass is 19.4. The van der Waals surface area contributed by atoms with Crippen molar-refractivity contribution in [2.45, 2.75) is 25.7 Å². The molecule has 1 saturated heterocycles. The van der Waals surface area contributed by atoms with E-state index < -0.39 is 23.2 Å². The molecule has 0 aliphatic carbocycles. The molecule has 2 aromatic rings. The van der Waals surface area contributed by atoms with Crippen LogP contribution in [-0.2, 0) is 12.7 Å². The molecule has 2 aromatic carbocycles. The van der Waals surface area contributed by atoms with Crippen molar-refractivity contribution >= 4 is 11.7 Å². The van der Waals surface area contributed by atoms with Gasteiger partial charge in [0.2, 0.25) is 0 Å². The van der Waals surface area contributed by atoms with Crippen LogP contribution in [0.25, 0.3) is 0 Å². The Kier molecular flexibility index (Phi) is 4.30. The van der Waals surface area contributed by atoms with Gasteiger partial charge in [0.1, 0.15) is 0 Å². The van der Waals surface area contributed by atoms with Crippen molar-refractivity contribution in [2.75, 3.05) is 13.1 Å². The Morgan fingerprint density at radius 1 is 1.07 bits per heavy atom. The smallest absolute Gasteiger partial charge is 0.347 e. The summed E-state index contributed by atoms with van der Waals surface area (Å²) in [7, 11) is 0. The van der Waals surface area contributed by atoms with Crippen LogP contribution in [0.2, 0.25) is 0 Å². The highest BCUT2D eigenvalue weighted by molar-refractivity contribution is 6.12. The second kappa shape index (κ2) is 6.44. The summed E-state index contributed by atoms with van der Waals surface area (Å²) in [6, 6.07) is 11.7. The number of nitrogens with zero attached hydrogens (tertiary/aromatic N) is 1. The number of fused-ring (bicyclic) bond motifs is 2. The first-order chi connectivity index (χ1) is 13.2. The minimum atomic E-state index is -4.44. The molecule has 0 saturated carbocycles. The van der Waals surface area contributed by atoms with Crippen LogP contribution < -0.4 is 5.32 Å². The Hall–Kier alpha value is -2.67. The molecule has 28 heavy (non-hydrogen) atoms. The van der Waals surface area contributed by atoms with Gasteiger partial charge in [-0.2, -0.15) is 13.2 Å². The maximum Gasteiger partial charge on any atom is 0.416 e. The minimum absolute atomic E-state index is 0.0621. The van der Waals surface area contributed by atoms with Gasteiger partial charge < -0.3 is 5.32 Å². The first-order valence-corrected chi connectivity index (χ1v) is 9.02. The Balaban J connectivity index is 1.64. The quantitative estimate of drug-likeness (QED) is 0.857. The van der Waals surface area contributed by atoms with Gasteiger partial charge in [0, 0.05) is 25.2 Å². The number of carbonyl (C=O) groups is 2. The third-order valence-electron chi connectivity index (χ3n) is 5.72. The molecule has 2 atom stereocenters. The van der Waals surface area contributed by atoms with Crippen molar-refractivity contribution in [3.05, 3.63) is 70.8 Å². The van der Waals surface area contributed by atoms with E-state index in [1.165, 1.54) is 12.1 Å². The summed E-state index contributed by atoms with van der Waals surface area (Å²) in [5, 5.41) is 2.90. The van der Waals surface area contributed by atoms with Crippen molar-refractivity contribution < 1.29 is 22.8 Å². The number of hydrogen-bond acceptors (Lipinski definition) is 3. The van der Waals surface area contributed by atoms with Crippen LogP contribution in [0.3, 0.4) is 0 Å². The van der Waals surface area contributed by atoms with Gasteiger partial charge in [-0.05, 0) is 24.6 Å². The number of rotatable bonds is 2. The number of ketones is 1. The predicted octanol–water partition coefficient (Wildman–Crippen LogP) is 3.52. The van der Waals surface area contributed by atoms with Crippen molar-refractivity contribution in [1.29, 1.82) is 0 Å². The van der Waals surface area contributed by atoms with E-state index in [1.54, 1.807) is 42.2 Å². The maximum atomic E-state index is 13.3. The van der Waals surface area contributed by atoms with E-state index in [1.807, 2.05) is 0 Å². The van der Waals surface area contributed by atoms with Crippen LogP contribution in [0.1, 0.15) is 38.8 Å². The van der Waals surface area contributed by atoms with Crippen molar-refractivity contribution in [3.63, 3.8) is 0 Å². The average molecular weight is 388 g/mol. The van der Waals surface area contributed by atoms with E-state index in [-0.39, 0.29) is 30.3 Å². The van der Waals surface area contributed by atoms with Gasteiger partial charge in [-0.1, -0.05) is 36.4 Å². The number of halogens is 3. The van der Waals surface area contributed by atoms with E-state index in [2.05, 4.69) is 5.32 Å². The second-order valence-electron chi connectivity index (χ2n) is 7.64. The molecule has 1 amide bonds. The molecule has 0 spiro atoms. The lowest BCUT2D eigenvalue weighted by molar-refractivity contribution is -0.138. The summed E-state index contributed by atoms with van der Waals surface area (Å²) in [5.74, 6) is -0.478. The number of carbonyl (C=O) groups excluding carboxylic acids is 2. The zero-order valence-corrected chi connectivity index (χ0v) is 15.2. The van der Waals surface area contributed by atoms with Gasteiger partial charge in [-0.25, -0.2) is 0 Å². The first-order valence-electron chi connectivity index (χ1n) is 9.02. The van der Waals surface area contributed by atoms with Gasteiger partial charge in [-0.3, -0.25) is 14.5 Å². The summed E-state index contributed by atoms with van der Waals surface area (Å²) >= 11 is 0. The lowest BCUT2D eigenvalue weighted by Gasteiger charge is -2.27. The molecule has 0 bridgehead atoms. The summed E-state index contributed by atoms with van der Waals surface area (Å²) in [4.78, 5) is 27.6. The fourth-order valence-corrected chi connectivity index (χ4v) is 4.25. The van der Waals surface area contributed by atoms with Gasteiger partial charge in [0.15, 0.2) is 5.78 Å². The summed E-state index contributed by atoms with van der Waals surface area (Å²) < 4.78 is 39.9. The SMILES string of the molecule is C[C@]12CN(Cc3ccccc3C(F)(F)F)C[C@H]1NC(=O)c1ccccc1C2=O. The molecule has 1 N–H and O–H groups in total. The molecule has 0 radical (unpaired) electrons. The molecule has 2 aliphatic rings. The van der Waals surface area contributed by atoms with E-state index in [0.717, 1.165) is 6.07 Å². The fraction of sp³-hybridized carbons (Fsp3) is 0.333. The first kappa shape index (κ1) is 18.7. The van der Waals surface area contributed by atoms with Crippen LogP contribution in [0.4, 0.5) is 13.2 Å². The topological polar surface area (TPSA) is 49.4 Å². The normalized spacial score (nSPS) is 25.1. The Morgan fingerprint density at radius 3 is 2.43 bits per heavy atom. The maximum absolute atomic E-state index is 13.3. The molecule has 2 heterocycles. The van der Waals surface area contributed by atoms with Crippen LogP contribution in [-0.4, -0.2) is 35.7 Å². The Labute approximate surface area is 160 Å². The monoisotopic (exact) mass is 388 g/mol. The zero-order valence-electron chi connectivity index (χ0n) is 15.2. The molecule has 4 nitrogen and oxygen atoms in total. The zero-order chi connectivity index (χ0) is 20.1. The molecule has 2 aliphatic heterocycles. The summed E-state index contributed by atoms with van der Waals surface area (Å²) in [5.41, 5.74) is -0.697. The largest absolute Gasteiger partial charge is 0.416 e. The average Bonchev–Trinajstić information content (AvgIpc) is 2.93. The molecule has 0 unspecified atom stereocenters. The number of hydrogen-bond donors (Lipinski definition) is 1. The minimum Gasteiger partial charge on any atom is -0.347 e. The molecule has 7 heteroatoms. The van der Waals surface area contributed by atoms with E-state index in [4.69, 9.17) is 0 Å². The standard InChI is InChI=1S/C21H19F3N2O2/c1-20-12-26(10-13-6-2-5-9-16(13)21(22,23)24)11-17(20)25-19(28)15-8-4-3-7-14(15)18(20)27/h2-9,17H,10-12H2,1H3,(H,25,28)/t17-,20+/m1/s1. The molecular formula is C21H19F3N2O2. The summed E-state index contributed by atoms with van der Waals surface area (Å²) in [6.07, 6.45) is -4.44. The number of likely N-dealkylation sites (tertiary alicyclic amines) is 1. The van der Waals surface area contributed by atoms with Crippen LogP contribution in [0.5, 0.6) is 0 Å². The lowest BCUT2D eigenvalue weighted by atomic mass is 9.78. The van der Waals surface area contributed by atoms with Gasteiger partial charge >= 0.3 is 6.18 Å². The molecule has 1 fully saturated rings. The number of benzene rings is 2. The predicted molar refractivity (Wildman–Crippen MR) is 96.9 cm³/mol. The number of amides is 1. The molecular weight excluding hydrogens is 369 g/mol. The summed E-state index contributed by atoms with van der Waals surface area (Å²) in [6.45, 7) is 2.43. The number of nitrogens with one attached hydrogen (secondary N) is 1. The third-order valence-corrected chi connectivity index (χ3v) is 5.72. The van der Waals surface area contributed by atoms with E-state index >= 15 is 0 Å². The van der Waals surface area contributed by atoms with Gasteiger partial charge in [-0.15, -0.1) is 0 Å². The van der Waals surface area contributed by atoms with E-state index in [0.29, 0.717) is 17.7 Å². The number of Topliss-reactive ketones (excluding diaryl/α,β-unsaturated/α-hetero) is 1. The second-order valence-corrected chi connectivity index (χ2v) is 7.64. The third kappa shape index (κ3) is 2.99. The van der Waals surface area contributed by atoms with Gasteiger partial charge in [0.05, 0.1) is 22.6 Å². The van der Waals surface area contributed by atoms with Crippen molar-refractivity contribution in [3.8, 4) is 0 Å². The molecule has 4 rings (SSSR count). The van der Waals surface area contributed by atoms with Crippen LogP contribution >= 0.6 is 0 Å². The lowest BCUT2D eigenvalue weighted by Crippen LogP contribution is -2.47. The van der Waals surface area contributed by atoms with Gasteiger partial charge in [0.25, 0.3) is 5.91 Å². The Bertz CT molecular complexity index is 957. The highest BCUT2D eigenvalue weighted by Crippen LogP contribution is 2.39. The van der Waals surface area contributed by atoms with Crippen molar-refractivity contribution in [1.82, 2.24) is 10.2 Å². The van der Waals surface area contributed by atoms with Crippen molar-refractivity contribution in [2.24, 2.45) is 5.41 Å².